The molecular weight excluding hydrogens is 266 g/mol. The van der Waals surface area contributed by atoms with E-state index in [1.54, 1.807) is 0 Å². The van der Waals surface area contributed by atoms with Gasteiger partial charge in [-0.15, -0.1) is 0 Å². The van der Waals surface area contributed by atoms with E-state index in [4.69, 9.17) is 0 Å². The Balaban J connectivity index is 2.21. The van der Waals surface area contributed by atoms with Gasteiger partial charge in [-0.05, 0) is 35.2 Å². The lowest BCUT2D eigenvalue weighted by Gasteiger charge is -2.09. The van der Waals surface area contributed by atoms with Crippen molar-refractivity contribution in [3.63, 3.8) is 0 Å². The zero-order valence-corrected chi connectivity index (χ0v) is 13.1. The summed E-state index contributed by atoms with van der Waals surface area (Å²) in [4.78, 5) is 0. The Labute approximate surface area is 132 Å². The molecule has 1 aromatic heterocycles. The van der Waals surface area contributed by atoms with Crippen molar-refractivity contribution in [2.45, 2.75) is 6.92 Å². The number of pyridine rings is 1. The molecule has 1 heterocycles. The van der Waals surface area contributed by atoms with Crippen LogP contribution in [-0.4, -0.2) is 0 Å². The van der Waals surface area contributed by atoms with E-state index in [-0.39, 0.29) is 0 Å². The second-order valence-corrected chi connectivity index (χ2v) is 5.57. The van der Waals surface area contributed by atoms with E-state index >= 15 is 0 Å². The summed E-state index contributed by atoms with van der Waals surface area (Å²) in [6.07, 6.45) is 4.03. The lowest BCUT2D eigenvalue weighted by molar-refractivity contribution is -0.660. The Morgan fingerprint density at radius 1 is 0.909 bits per heavy atom. The molecule has 0 bridgehead atoms. The predicted molar refractivity (Wildman–Crippen MR) is 93.3 cm³/mol. The van der Waals surface area contributed by atoms with Crippen LogP contribution < -0.4 is 4.57 Å². The first kappa shape index (κ1) is 14.3. The van der Waals surface area contributed by atoms with Crippen LogP contribution in [0.1, 0.15) is 11.1 Å². The number of nitrogens with zero attached hydrogens (tertiary/aromatic N) is 1. The molecule has 0 N–H and O–H groups in total. The molecule has 108 valence electrons. The lowest BCUT2D eigenvalue weighted by Crippen LogP contribution is -2.30. The predicted octanol–water partition coefficient (Wildman–Crippen LogP) is 4.80. The maximum absolute atomic E-state index is 3.96. The van der Waals surface area contributed by atoms with Crippen LogP contribution in [0.4, 0.5) is 0 Å². The summed E-state index contributed by atoms with van der Waals surface area (Å²) in [6.45, 7) is 6.09. The molecule has 1 heteroatoms. The van der Waals surface area contributed by atoms with Gasteiger partial charge in [0.05, 0.1) is 5.56 Å². The molecule has 3 rings (SSSR count). The average molecular weight is 286 g/mol. The lowest BCUT2D eigenvalue weighted by atomic mass is 9.96. The maximum atomic E-state index is 3.96. The first-order valence-electron chi connectivity index (χ1n) is 7.47. The molecule has 0 spiro atoms. The summed E-state index contributed by atoms with van der Waals surface area (Å²) in [5.41, 5.74) is 7.28. The second-order valence-electron chi connectivity index (χ2n) is 5.57. The molecule has 1 nitrogen and oxygen atoms in total. The third-order valence-electron chi connectivity index (χ3n) is 3.96. The van der Waals surface area contributed by atoms with Crippen molar-refractivity contribution in [3.8, 4) is 22.4 Å². The van der Waals surface area contributed by atoms with Gasteiger partial charge in [0.25, 0.3) is 0 Å². The summed E-state index contributed by atoms with van der Waals surface area (Å²) in [5.74, 6) is 0. The Hall–Kier alpha value is -2.67. The fourth-order valence-corrected chi connectivity index (χ4v) is 2.71. The zero-order chi connectivity index (χ0) is 15.5. The van der Waals surface area contributed by atoms with Crippen LogP contribution in [0.2, 0.25) is 0 Å². The van der Waals surface area contributed by atoms with Gasteiger partial charge in [-0.3, -0.25) is 0 Å². The largest absolute Gasteiger partial charge is 0.213 e. The Kier molecular flexibility index (Phi) is 3.88. The molecule has 0 saturated carbocycles. The molecule has 0 radical (unpaired) electrons. The van der Waals surface area contributed by atoms with Gasteiger partial charge in [0.2, 0.25) is 5.69 Å². The standard InChI is InChI=1S/C21H20N/c1-4-17-10-11-19(18-8-6-5-7-9-18)15-20(17)21-14-16(2)12-13-22(21)3/h4-15H,1H2,2-3H3/q+1. The molecule has 3 aromatic rings. The van der Waals surface area contributed by atoms with Crippen molar-refractivity contribution in [2.24, 2.45) is 7.05 Å². The van der Waals surface area contributed by atoms with E-state index in [1.807, 2.05) is 12.1 Å². The van der Waals surface area contributed by atoms with E-state index in [0.29, 0.717) is 0 Å². The molecule has 0 aliphatic carbocycles. The van der Waals surface area contributed by atoms with Crippen LogP contribution in [0.5, 0.6) is 0 Å². The quantitative estimate of drug-likeness (QED) is 0.609. The van der Waals surface area contributed by atoms with Crippen molar-refractivity contribution in [3.05, 3.63) is 84.6 Å². The van der Waals surface area contributed by atoms with Crippen molar-refractivity contribution < 1.29 is 4.57 Å². The number of benzene rings is 2. The first-order valence-corrected chi connectivity index (χ1v) is 7.47. The molecule has 2 aromatic carbocycles. The smallest absolute Gasteiger partial charge is 0.201 e. The first-order chi connectivity index (χ1) is 10.7. The number of aryl methyl sites for hydroxylation is 2. The summed E-state index contributed by atoms with van der Waals surface area (Å²) >= 11 is 0. The SMILES string of the molecule is C=Cc1ccc(-c2ccccc2)cc1-c1cc(C)cc[n+]1C. The van der Waals surface area contributed by atoms with E-state index < -0.39 is 0 Å². The van der Waals surface area contributed by atoms with Crippen molar-refractivity contribution in [1.29, 1.82) is 0 Å². The van der Waals surface area contributed by atoms with Crippen molar-refractivity contribution >= 4 is 6.08 Å². The van der Waals surface area contributed by atoms with Crippen LogP contribution in [0.3, 0.4) is 0 Å². The highest BCUT2D eigenvalue weighted by Gasteiger charge is 2.14. The summed E-state index contributed by atoms with van der Waals surface area (Å²) < 4.78 is 2.16. The van der Waals surface area contributed by atoms with E-state index in [0.717, 1.165) is 5.56 Å². The highest BCUT2D eigenvalue weighted by molar-refractivity contribution is 5.78. The van der Waals surface area contributed by atoms with Gasteiger partial charge < -0.3 is 0 Å². The topological polar surface area (TPSA) is 3.88 Å². The fourth-order valence-electron chi connectivity index (χ4n) is 2.71. The van der Waals surface area contributed by atoms with Gasteiger partial charge in [-0.2, -0.15) is 0 Å². The molecule has 0 fully saturated rings. The summed E-state index contributed by atoms with van der Waals surface area (Å²) in [7, 11) is 2.08. The zero-order valence-electron chi connectivity index (χ0n) is 13.1. The molecule has 0 atom stereocenters. The summed E-state index contributed by atoms with van der Waals surface area (Å²) in [6, 6.07) is 21.4. The molecule has 0 aliphatic heterocycles. The van der Waals surface area contributed by atoms with Gasteiger partial charge in [0.15, 0.2) is 6.20 Å². The third-order valence-corrected chi connectivity index (χ3v) is 3.96. The van der Waals surface area contributed by atoms with Gasteiger partial charge >= 0.3 is 0 Å². The maximum Gasteiger partial charge on any atom is 0.213 e. The van der Waals surface area contributed by atoms with E-state index in [1.165, 1.54) is 27.9 Å². The van der Waals surface area contributed by atoms with Gasteiger partial charge in [-0.1, -0.05) is 55.1 Å². The minimum atomic E-state index is 1.15. The molecule has 22 heavy (non-hydrogen) atoms. The normalized spacial score (nSPS) is 10.5. The highest BCUT2D eigenvalue weighted by Crippen LogP contribution is 2.29. The monoisotopic (exact) mass is 286 g/mol. The number of rotatable bonds is 3. The second kappa shape index (κ2) is 5.98. The minimum absolute atomic E-state index is 1.15. The Morgan fingerprint density at radius 2 is 1.68 bits per heavy atom. The van der Waals surface area contributed by atoms with Gasteiger partial charge in [-0.25, -0.2) is 4.57 Å². The van der Waals surface area contributed by atoms with Crippen LogP contribution in [0, 0.1) is 6.92 Å². The van der Waals surface area contributed by atoms with Crippen molar-refractivity contribution in [1.82, 2.24) is 0 Å². The highest BCUT2D eigenvalue weighted by atomic mass is 14.9. The minimum Gasteiger partial charge on any atom is -0.201 e. The molecule has 0 unspecified atom stereocenters. The van der Waals surface area contributed by atoms with Gasteiger partial charge in [0, 0.05) is 12.1 Å². The molecule has 0 amide bonds. The molecule has 0 aliphatic rings. The number of aromatic nitrogens is 1. The molecule has 0 saturated heterocycles. The number of hydrogen-bond donors (Lipinski definition) is 0. The third kappa shape index (κ3) is 2.71. The van der Waals surface area contributed by atoms with Crippen LogP contribution in [-0.2, 0) is 7.05 Å². The van der Waals surface area contributed by atoms with Crippen LogP contribution in [0.25, 0.3) is 28.5 Å². The van der Waals surface area contributed by atoms with Crippen LogP contribution >= 0.6 is 0 Å². The van der Waals surface area contributed by atoms with Gasteiger partial charge in [0.1, 0.15) is 7.05 Å². The Bertz CT molecular complexity index is 817. The fraction of sp³-hybridized carbons (Fsp3) is 0.0952. The molecular formula is C21H20N+. The van der Waals surface area contributed by atoms with E-state index in [2.05, 4.69) is 85.9 Å². The average Bonchev–Trinajstić information content (AvgIpc) is 2.57. The number of hydrogen-bond acceptors (Lipinski definition) is 0. The van der Waals surface area contributed by atoms with Crippen LogP contribution in [0.15, 0.2) is 73.4 Å². The summed E-state index contributed by atoms with van der Waals surface area (Å²) in [5, 5.41) is 0. The van der Waals surface area contributed by atoms with E-state index in [9.17, 15) is 0 Å². The Morgan fingerprint density at radius 3 is 2.41 bits per heavy atom. The van der Waals surface area contributed by atoms with Crippen molar-refractivity contribution in [2.75, 3.05) is 0 Å².